The van der Waals surface area contributed by atoms with E-state index < -0.39 is 18.6 Å². The van der Waals surface area contributed by atoms with Crippen LogP contribution in [0.1, 0.15) is 51.4 Å². The Kier molecular flexibility index (Phi) is 7.25. The first kappa shape index (κ1) is 26.0. The fourth-order valence-electron chi connectivity index (χ4n) is 5.40. The number of aromatic carboxylic acids is 1. The Balaban J connectivity index is 1.37. The number of carboxylic acids is 1. The van der Waals surface area contributed by atoms with Crippen molar-refractivity contribution >= 4 is 11.9 Å². The molecule has 0 spiro atoms. The number of carbonyl (C=O) groups is 2. The molecule has 8 heteroatoms. The van der Waals surface area contributed by atoms with E-state index in [1.807, 2.05) is 48.5 Å². The number of nitrogens with zero attached hydrogens (tertiary/aromatic N) is 1. The van der Waals surface area contributed by atoms with Crippen molar-refractivity contribution < 1.29 is 27.9 Å². The summed E-state index contributed by atoms with van der Waals surface area (Å²) in [7, 11) is 0. The first-order valence-corrected chi connectivity index (χ1v) is 12.8. The standard InChI is InChI=1S/C30H29F3N2O3/c31-30(32,33)12-14-35-13-11-24-23(20-7-4-8-21(15-20)29(37)38)10-9-22(27(24)18-35)17-34-28(36)26-16-25(26)19-5-2-1-3-6-19/h1-10,15,25-26H,11-14,16-18H2,(H,34,36)(H,37,38)/t25-,26-/m1/s1. The van der Waals surface area contributed by atoms with Crippen molar-refractivity contribution in [2.45, 2.75) is 44.4 Å². The summed E-state index contributed by atoms with van der Waals surface area (Å²) in [5.41, 5.74) is 5.73. The summed E-state index contributed by atoms with van der Waals surface area (Å²) in [4.78, 5) is 26.2. The second kappa shape index (κ2) is 10.6. The molecule has 0 saturated heterocycles. The van der Waals surface area contributed by atoms with Gasteiger partial charge in [-0.05, 0) is 64.3 Å². The molecule has 2 N–H and O–H groups in total. The SMILES string of the molecule is O=C(O)c1cccc(-c2ccc(CNC(=O)[C@@H]3C[C@@H]3c3ccccc3)c3c2CCN(CCC(F)(F)F)C3)c1. The zero-order valence-electron chi connectivity index (χ0n) is 20.8. The van der Waals surface area contributed by atoms with Crippen LogP contribution in [0.25, 0.3) is 11.1 Å². The van der Waals surface area contributed by atoms with Gasteiger partial charge in [0.25, 0.3) is 0 Å². The van der Waals surface area contributed by atoms with Crippen LogP contribution in [0.15, 0.2) is 66.7 Å². The molecule has 3 aromatic rings. The minimum absolute atomic E-state index is 0.0180. The van der Waals surface area contributed by atoms with Crippen molar-refractivity contribution in [3.05, 3.63) is 94.5 Å². The number of nitrogens with one attached hydrogen (secondary N) is 1. The number of benzene rings is 3. The zero-order chi connectivity index (χ0) is 26.9. The van der Waals surface area contributed by atoms with Gasteiger partial charge >= 0.3 is 12.1 Å². The Morgan fingerprint density at radius 3 is 2.53 bits per heavy atom. The zero-order valence-corrected chi connectivity index (χ0v) is 20.8. The summed E-state index contributed by atoms with van der Waals surface area (Å²) in [6, 6.07) is 20.4. The normalized spacial score (nSPS) is 19.0. The molecule has 1 aliphatic carbocycles. The highest BCUT2D eigenvalue weighted by Crippen LogP contribution is 2.47. The number of alkyl halides is 3. The first-order chi connectivity index (χ1) is 18.2. The van der Waals surface area contributed by atoms with Crippen molar-refractivity contribution in [2.75, 3.05) is 13.1 Å². The number of halogens is 3. The molecule has 0 unspecified atom stereocenters. The third kappa shape index (κ3) is 5.91. The summed E-state index contributed by atoms with van der Waals surface area (Å²) >= 11 is 0. The second-order valence-electron chi connectivity index (χ2n) is 10.1. The van der Waals surface area contributed by atoms with Crippen LogP contribution in [0.2, 0.25) is 0 Å². The van der Waals surface area contributed by atoms with Crippen LogP contribution < -0.4 is 5.32 Å². The van der Waals surface area contributed by atoms with Crippen LogP contribution in [-0.2, 0) is 24.3 Å². The van der Waals surface area contributed by atoms with E-state index in [4.69, 9.17) is 0 Å². The maximum absolute atomic E-state index is 12.9. The van der Waals surface area contributed by atoms with Crippen LogP contribution in [-0.4, -0.2) is 41.1 Å². The quantitative estimate of drug-likeness (QED) is 0.394. The molecule has 5 rings (SSSR count). The summed E-state index contributed by atoms with van der Waals surface area (Å²) in [6.07, 6.45) is -3.76. The van der Waals surface area contributed by atoms with Gasteiger partial charge in [-0.3, -0.25) is 9.69 Å². The van der Waals surface area contributed by atoms with Gasteiger partial charge in [0.1, 0.15) is 0 Å². The second-order valence-corrected chi connectivity index (χ2v) is 10.1. The molecule has 3 aromatic carbocycles. The van der Waals surface area contributed by atoms with Gasteiger partial charge in [0.2, 0.25) is 5.91 Å². The Bertz CT molecular complexity index is 1340. The van der Waals surface area contributed by atoms with E-state index in [0.717, 1.165) is 39.8 Å². The Labute approximate surface area is 219 Å². The monoisotopic (exact) mass is 522 g/mol. The molecule has 0 bridgehead atoms. The minimum Gasteiger partial charge on any atom is -0.478 e. The maximum atomic E-state index is 12.9. The largest absolute Gasteiger partial charge is 0.478 e. The maximum Gasteiger partial charge on any atom is 0.390 e. The molecule has 2 aliphatic rings. The summed E-state index contributed by atoms with van der Waals surface area (Å²) in [5, 5.41) is 12.5. The number of hydrogen-bond acceptors (Lipinski definition) is 3. The molecule has 1 aliphatic heterocycles. The first-order valence-electron chi connectivity index (χ1n) is 12.8. The molecule has 2 atom stereocenters. The van der Waals surface area contributed by atoms with Crippen molar-refractivity contribution in [1.82, 2.24) is 10.2 Å². The highest BCUT2D eigenvalue weighted by Gasteiger charge is 2.43. The van der Waals surface area contributed by atoms with Crippen LogP contribution >= 0.6 is 0 Å². The Morgan fingerprint density at radius 1 is 1.00 bits per heavy atom. The lowest BCUT2D eigenvalue weighted by Gasteiger charge is -2.32. The average molecular weight is 523 g/mol. The van der Waals surface area contributed by atoms with Gasteiger partial charge in [-0.1, -0.05) is 54.6 Å². The van der Waals surface area contributed by atoms with Gasteiger partial charge in [-0.15, -0.1) is 0 Å². The van der Waals surface area contributed by atoms with Gasteiger partial charge < -0.3 is 10.4 Å². The van der Waals surface area contributed by atoms with Crippen molar-refractivity contribution in [1.29, 1.82) is 0 Å². The van der Waals surface area contributed by atoms with E-state index >= 15 is 0 Å². The van der Waals surface area contributed by atoms with Gasteiger partial charge in [0.15, 0.2) is 0 Å². The molecule has 38 heavy (non-hydrogen) atoms. The van der Waals surface area contributed by atoms with E-state index in [9.17, 15) is 27.9 Å². The highest BCUT2D eigenvalue weighted by molar-refractivity contribution is 5.89. The lowest BCUT2D eigenvalue weighted by Crippen LogP contribution is -2.35. The van der Waals surface area contributed by atoms with Gasteiger partial charge in [0.05, 0.1) is 12.0 Å². The smallest absolute Gasteiger partial charge is 0.390 e. The summed E-state index contributed by atoms with van der Waals surface area (Å²) < 4.78 is 38.7. The predicted octanol–water partition coefficient (Wildman–Crippen LogP) is 5.78. The molecular formula is C30H29F3N2O3. The summed E-state index contributed by atoms with van der Waals surface area (Å²) in [6.45, 7) is 1.03. The highest BCUT2D eigenvalue weighted by atomic mass is 19.4. The number of amides is 1. The van der Waals surface area contributed by atoms with E-state index in [1.165, 1.54) is 6.07 Å². The number of carboxylic acid groups (broad SMARTS) is 1. The third-order valence-corrected chi connectivity index (χ3v) is 7.53. The molecule has 5 nitrogen and oxygen atoms in total. The van der Waals surface area contributed by atoms with Crippen molar-refractivity contribution in [3.8, 4) is 11.1 Å². The number of rotatable bonds is 8. The predicted molar refractivity (Wildman–Crippen MR) is 138 cm³/mol. The molecule has 1 heterocycles. The van der Waals surface area contributed by atoms with E-state index in [1.54, 1.807) is 17.0 Å². The van der Waals surface area contributed by atoms with Gasteiger partial charge in [-0.25, -0.2) is 4.79 Å². The minimum atomic E-state index is -4.23. The molecule has 1 fully saturated rings. The van der Waals surface area contributed by atoms with Gasteiger partial charge in [-0.2, -0.15) is 13.2 Å². The lowest BCUT2D eigenvalue weighted by atomic mass is 9.87. The van der Waals surface area contributed by atoms with E-state index in [-0.39, 0.29) is 29.9 Å². The molecule has 198 valence electrons. The fourth-order valence-corrected chi connectivity index (χ4v) is 5.40. The fraction of sp³-hybridized carbons (Fsp3) is 0.333. The van der Waals surface area contributed by atoms with Gasteiger partial charge in [0, 0.05) is 32.1 Å². The molecule has 1 saturated carbocycles. The van der Waals surface area contributed by atoms with Crippen molar-refractivity contribution in [3.63, 3.8) is 0 Å². The van der Waals surface area contributed by atoms with Crippen LogP contribution in [0, 0.1) is 5.92 Å². The number of carbonyl (C=O) groups excluding carboxylic acids is 1. The lowest BCUT2D eigenvalue weighted by molar-refractivity contribution is -0.138. The van der Waals surface area contributed by atoms with Crippen LogP contribution in [0.4, 0.5) is 13.2 Å². The molecule has 1 amide bonds. The molecule has 0 radical (unpaired) electrons. The van der Waals surface area contributed by atoms with Crippen molar-refractivity contribution in [2.24, 2.45) is 5.92 Å². The molecular weight excluding hydrogens is 493 g/mol. The average Bonchev–Trinajstić information content (AvgIpc) is 3.72. The van der Waals surface area contributed by atoms with E-state index in [2.05, 4.69) is 5.32 Å². The Morgan fingerprint density at radius 2 is 1.79 bits per heavy atom. The number of hydrogen-bond donors (Lipinski definition) is 2. The molecule has 0 aromatic heterocycles. The van der Waals surface area contributed by atoms with Crippen LogP contribution in [0.5, 0.6) is 0 Å². The summed E-state index contributed by atoms with van der Waals surface area (Å²) in [5.74, 6) is -0.899. The number of fused-ring (bicyclic) bond motifs is 1. The van der Waals surface area contributed by atoms with Crippen LogP contribution in [0.3, 0.4) is 0 Å². The third-order valence-electron chi connectivity index (χ3n) is 7.53. The van der Waals surface area contributed by atoms with E-state index in [0.29, 0.717) is 26.1 Å². The topological polar surface area (TPSA) is 69.6 Å². The Hall–Kier alpha value is -3.65.